The third-order valence-electron chi connectivity index (χ3n) is 1.50. The highest BCUT2D eigenvalue weighted by molar-refractivity contribution is 5.73. The number of hydrogen-bond donors (Lipinski definition) is 3. The number of hydrogen-bond acceptors (Lipinski definition) is 3. The number of carbonyl (C=O) groups is 1. The molecule has 0 spiro atoms. The van der Waals surface area contributed by atoms with Crippen molar-refractivity contribution in [2.75, 3.05) is 0 Å². The average Bonchev–Trinajstić information content (AvgIpc) is 2.65. The number of carboxylic acids is 1. The van der Waals surface area contributed by atoms with Crippen molar-refractivity contribution in [2.45, 2.75) is 24.9 Å². The van der Waals surface area contributed by atoms with Gasteiger partial charge >= 0.3 is 5.97 Å². The predicted molar refractivity (Wildman–Crippen MR) is 36.3 cm³/mol. The number of carboxylic acid groups (broad SMARTS) is 1. The van der Waals surface area contributed by atoms with E-state index in [0.717, 1.165) is 0 Å². The topological polar surface area (TPSA) is 89.3 Å². The first-order valence-corrected chi connectivity index (χ1v) is 3.11. The lowest BCUT2D eigenvalue weighted by Crippen LogP contribution is -2.31. The van der Waals surface area contributed by atoms with Crippen LogP contribution in [0.2, 0.25) is 0 Å². The van der Waals surface area contributed by atoms with Gasteiger partial charge in [0.1, 0.15) is 6.04 Å². The summed E-state index contributed by atoms with van der Waals surface area (Å²) in [5.74, 6) is -1.72. The lowest BCUT2D eigenvalue weighted by molar-refractivity contribution is -0.138. The Labute approximate surface area is 62.0 Å². The summed E-state index contributed by atoms with van der Waals surface area (Å²) in [4.78, 5) is 10.4. The van der Waals surface area contributed by atoms with Gasteiger partial charge in [-0.1, -0.05) is 0 Å². The van der Waals surface area contributed by atoms with E-state index in [-0.39, 0.29) is 6.04 Å². The molecular weight excluding hydrogens is 132 g/mol. The van der Waals surface area contributed by atoms with Gasteiger partial charge in [0.15, 0.2) is 0 Å². The van der Waals surface area contributed by atoms with Gasteiger partial charge in [0, 0.05) is 8.78 Å². The standard InChI is InChI=1S/C6H12N2O2/c7-4-1-3(4)2-5(8)6(9)10/h3-5H,1-2,7-8H2,(H,9,10)/t3-,4+,5?/m0/s1/i2D2. The second-order valence-electron chi connectivity index (χ2n) is 2.49. The van der Waals surface area contributed by atoms with Crippen LogP contribution in [0.25, 0.3) is 0 Å². The maximum atomic E-state index is 10.4. The normalized spacial score (nSPS) is 37.8. The van der Waals surface area contributed by atoms with Crippen LogP contribution in [-0.2, 0) is 4.79 Å². The summed E-state index contributed by atoms with van der Waals surface area (Å²) < 4.78 is 14.8. The molecular formula is C6H12N2O2. The summed E-state index contributed by atoms with van der Waals surface area (Å²) in [5.41, 5.74) is 10.6. The monoisotopic (exact) mass is 146 g/mol. The second-order valence-corrected chi connectivity index (χ2v) is 2.49. The molecule has 1 saturated carbocycles. The first-order valence-electron chi connectivity index (χ1n) is 4.11. The zero-order valence-electron chi connectivity index (χ0n) is 7.45. The highest BCUT2D eigenvalue weighted by atomic mass is 16.4. The summed E-state index contributed by atoms with van der Waals surface area (Å²) in [6.07, 6.45) is -1.36. The van der Waals surface area contributed by atoms with Gasteiger partial charge < -0.3 is 16.6 Å². The van der Waals surface area contributed by atoms with E-state index in [1.54, 1.807) is 0 Å². The third-order valence-corrected chi connectivity index (χ3v) is 1.50. The van der Waals surface area contributed by atoms with E-state index in [0.29, 0.717) is 6.42 Å². The molecule has 1 aliphatic rings. The van der Waals surface area contributed by atoms with Gasteiger partial charge in [-0.25, -0.2) is 0 Å². The minimum Gasteiger partial charge on any atom is -0.480 e. The molecule has 0 aliphatic heterocycles. The molecule has 0 aromatic rings. The van der Waals surface area contributed by atoms with Crippen LogP contribution in [0, 0.1) is 5.92 Å². The molecule has 0 radical (unpaired) electrons. The van der Waals surface area contributed by atoms with E-state index in [1.165, 1.54) is 0 Å². The molecule has 0 heterocycles. The van der Waals surface area contributed by atoms with Gasteiger partial charge in [-0.3, -0.25) is 4.79 Å². The van der Waals surface area contributed by atoms with Crippen molar-refractivity contribution in [3.05, 3.63) is 0 Å². The van der Waals surface area contributed by atoms with Crippen LogP contribution in [0.4, 0.5) is 0 Å². The number of aliphatic carboxylic acids is 1. The van der Waals surface area contributed by atoms with E-state index in [4.69, 9.17) is 19.3 Å². The Morgan fingerprint density at radius 1 is 2.00 bits per heavy atom. The Morgan fingerprint density at radius 3 is 2.80 bits per heavy atom. The quantitative estimate of drug-likeness (QED) is 0.483. The largest absolute Gasteiger partial charge is 0.480 e. The van der Waals surface area contributed by atoms with Crippen LogP contribution in [0.15, 0.2) is 0 Å². The van der Waals surface area contributed by atoms with Crippen molar-refractivity contribution >= 4 is 5.97 Å². The molecule has 10 heavy (non-hydrogen) atoms. The number of nitrogens with two attached hydrogens (primary N) is 2. The molecule has 0 amide bonds. The Balaban J connectivity index is 2.64. The van der Waals surface area contributed by atoms with Gasteiger partial charge in [-0.05, 0) is 18.7 Å². The molecule has 58 valence electrons. The number of rotatable bonds is 3. The van der Waals surface area contributed by atoms with Crippen LogP contribution < -0.4 is 11.5 Å². The zero-order valence-corrected chi connectivity index (χ0v) is 5.45. The van der Waals surface area contributed by atoms with E-state index in [1.807, 2.05) is 0 Å². The summed E-state index contributed by atoms with van der Waals surface area (Å²) in [6, 6.07) is -1.71. The Hall–Kier alpha value is -0.610. The molecule has 1 aliphatic carbocycles. The molecule has 0 aromatic carbocycles. The van der Waals surface area contributed by atoms with Crippen molar-refractivity contribution in [3.8, 4) is 0 Å². The van der Waals surface area contributed by atoms with E-state index in [9.17, 15) is 4.79 Å². The summed E-state index contributed by atoms with van der Waals surface area (Å²) in [7, 11) is 0. The molecule has 4 heteroatoms. The maximum absolute atomic E-state index is 10.4. The molecule has 1 unspecified atom stereocenters. The molecule has 1 fully saturated rings. The van der Waals surface area contributed by atoms with Gasteiger partial charge in [0.25, 0.3) is 0 Å². The van der Waals surface area contributed by atoms with Crippen LogP contribution in [0.3, 0.4) is 0 Å². The molecule has 0 saturated heterocycles. The van der Waals surface area contributed by atoms with Gasteiger partial charge in [0.05, 0.1) is 0 Å². The third kappa shape index (κ3) is 1.68. The minimum atomic E-state index is -1.88. The fourth-order valence-corrected chi connectivity index (χ4v) is 0.708. The SMILES string of the molecule is [2H]C([2H])(C(N)C(=O)O)[C@@H]1C[C@H]1N. The summed E-state index contributed by atoms with van der Waals surface area (Å²) >= 11 is 0. The van der Waals surface area contributed by atoms with Crippen LogP contribution in [0.5, 0.6) is 0 Å². The molecule has 5 N–H and O–H groups in total. The molecule has 3 atom stereocenters. The van der Waals surface area contributed by atoms with E-state index >= 15 is 0 Å². The lowest BCUT2D eigenvalue weighted by Gasteiger charge is -2.02. The fourth-order valence-electron chi connectivity index (χ4n) is 0.708. The minimum absolute atomic E-state index is 0.231. The van der Waals surface area contributed by atoms with Gasteiger partial charge in [-0.2, -0.15) is 0 Å². The van der Waals surface area contributed by atoms with Crippen molar-refractivity contribution in [3.63, 3.8) is 0 Å². The Kier molecular flexibility index (Phi) is 1.30. The van der Waals surface area contributed by atoms with Crippen LogP contribution in [-0.4, -0.2) is 23.2 Å². The van der Waals surface area contributed by atoms with Gasteiger partial charge in [0.2, 0.25) is 0 Å². The first kappa shape index (κ1) is 5.09. The average molecular weight is 146 g/mol. The zero-order chi connectivity index (χ0) is 9.52. The molecule has 0 bridgehead atoms. The van der Waals surface area contributed by atoms with Crippen LogP contribution >= 0.6 is 0 Å². The molecule has 0 aromatic heterocycles. The van der Waals surface area contributed by atoms with E-state index in [2.05, 4.69) is 0 Å². The van der Waals surface area contributed by atoms with Crippen LogP contribution in [0.1, 0.15) is 15.5 Å². The predicted octanol–water partition coefficient (Wildman–Crippen LogP) is -0.864. The highest BCUT2D eigenvalue weighted by Crippen LogP contribution is 2.31. The van der Waals surface area contributed by atoms with Crippen molar-refractivity contribution < 1.29 is 12.6 Å². The highest BCUT2D eigenvalue weighted by Gasteiger charge is 2.35. The van der Waals surface area contributed by atoms with Crippen molar-refractivity contribution in [1.29, 1.82) is 0 Å². The maximum Gasteiger partial charge on any atom is 0.320 e. The second kappa shape index (κ2) is 2.56. The lowest BCUT2D eigenvalue weighted by atomic mass is 10.1. The Morgan fingerprint density at radius 2 is 2.50 bits per heavy atom. The summed E-state index contributed by atoms with van der Waals surface area (Å²) in [5, 5.41) is 8.47. The van der Waals surface area contributed by atoms with Gasteiger partial charge in [-0.15, -0.1) is 0 Å². The summed E-state index contributed by atoms with van der Waals surface area (Å²) in [6.45, 7) is 0. The molecule has 1 rings (SSSR count). The first-order chi connectivity index (χ1) is 5.37. The smallest absolute Gasteiger partial charge is 0.320 e. The Bertz CT molecular complexity index is 210. The van der Waals surface area contributed by atoms with E-state index < -0.39 is 24.3 Å². The van der Waals surface area contributed by atoms with Crippen molar-refractivity contribution in [1.82, 2.24) is 0 Å². The fraction of sp³-hybridized carbons (Fsp3) is 0.833. The van der Waals surface area contributed by atoms with Crippen molar-refractivity contribution in [2.24, 2.45) is 17.4 Å². The molecule has 4 nitrogen and oxygen atoms in total.